The second kappa shape index (κ2) is 6.71. The number of hydrogen-bond acceptors (Lipinski definition) is 2. The van der Waals surface area contributed by atoms with Gasteiger partial charge in [-0.1, -0.05) is 48.0 Å². The molecule has 0 saturated heterocycles. The minimum Gasteiger partial charge on any atom is -0.458 e. The summed E-state index contributed by atoms with van der Waals surface area (Å²) in [5.41, 5.74) is 4.18. The number of carbonyl (C=O) groups is 1. The van der Waals surface area contributed by atoms with Crippen molar-refractivity contribution in [2.24, 2.45) is 0 Å². The molecule has 0 unspecified atom stereocenters. The lowest BCUT2D eigenvalue weighted by molar-refractivity contribution is 0.0550. The third-order valence-electron chi connectivity index (χ3n) is 3.04. The summed E-state index contributed by atoms with van der Waals surface area (Å²) >= 11 is 0. The zero-order valence-electron chi connectivity index (χ0n) is 11.8. The Kier molecular flexibility index (Phi) is 4.72. The summed E-state index contributed by atoms with van der Waals surface area (Å²) < 4.78 is 5.19. The average molecular weight is 266 g/mol. The highest BCUT2D eigenvalue weighted by Crippen LogP contribution is 2.12. The van der Waals surface area contributed by atoms with E-state index in [9.17, 15) is 4.79 Å². The van der Waals surface area contributed by atoms with Crippen LogP contribution in [0.3, 0.4) is 0 Å². The van der Waals surface area contributed by atoms with Gasteiger partial charge >= 0.3 is 5.97 Å². The Morgan fingerprint density at radius 3 is 2.55 bits per heavy atom. The fourth-order valence-corrected chi connectivity index (χ4v) is 1.97. The Bertz CT molecular complexity index is 613. The lowest BCUT2D eigenvalue weighted by atomic mass is 10.1. The van der Waals surface area contributed by atoms with Crippen LogP contribution in [0.15, 0.2) is 54.6 Å². The van der Waals surface area contributed by atoms with Gasteiger partial charge in [0.05, 0.1) is 5.56 Å². The number of hydrogen-bond donors (Lipinski definition) is 0. The molecule has 2 aromatic rings. The molecule has 0 radical (unpaired) electrons. The van der Waals surface area contributed by atoms with Gasteiger partial charge in [0.1, 0.15) is 6.61 Å². The van der Waals surface area contributed by atoms with Crippen LogP contribution in [0, 0.1) is 13.8 Å². The molecule has 0 N–H and O–H groups in total. The van der Waals surface area contributed by atoms with Crippen LogP contribution in [-0.4, -0.2) is 12.6 Å². The highest BCUT2D eigenvalue weighted by molar-refractivity contribution is 5.89. The molecule has 0 aliphatic carbocycles. The third-order valence-corrected chi connectivity index (χ3v) is 3.04. The predicted molar refractivity (Wildman–Crippen MR) is 81.7 cm³/mol. The number of esters is 1. The van der Waals surface area contributed by atoms with E-state index in [2.05, 4.69) is 32.0 Å². The zero-order valence-corrected chi connectivity index (χ0v) is 11.8. The quantitative estimate of drug-likeness (QED) is 0.776. The Morgan fingerprint density at radius 1 is 1.10 bits per heavy atom. The van der Waals surface area contributed by atoms with Crippen molar-refractivity contribution >= 4 is 12.0 Å². The summed E-state index contributed by atoms with van der Waals surface area (Å²) in [6.07, 6.45) is 3.84. The molecular weight excluding hydrogens is 248 g/mol. The smallest absolute Gasteiger partial charge is 0.338 e. The molecular formula is C18H18O2. The van der Waals surface area contributed by atoms with Crippen molar-refractivity contribution < 1.29 is 9.53 Å². The standard InChI is InChI=1S/C18H18O2/c1-14-10-11-16(15(2)13-14)9-6-12-20-18(19)17-7-4-3-5-8-17/h3-11,13H,12H2,1-2H3. The number of carbonyl (C=O) groups excluding carboxylic acids is 1. The average Bonchev–Trinajstić information content (AvgIpc) is 2.46. The first kappa shape index (κ1) is 14.1. The molecule has 2 rings (SSSR count). The van der Waals surface area contributed by atoms with Gasteiger partial charge in [-0.15, -0.1) is 0 Å². The van der Waals surface area contributed by atoms with Crippen molar-refractivity contribution in [3.8, 4) is 0 Å². The van der Waals surface area contributed by atoms with Crippen LogP contribution >= 0.6 is 0 Å². The second-order valence-corrected chi connectivity index (χ2v) is 4.73. The molecule has 2 heteroatoms. The van der Waals surface area contributed by atoms with E-state index in [1.807, 2.05) is 30.4 Å². The maximum atomic E-state index is 11.7. The van der Waals surface area contributed by atoms with E-state index in [1.165, 1.54) is 11.1 Å². The maximum absolute atomic E-state index is 11.7. The predicted octanol–water partition coefficient (Wildman–Crippen LogP) is 4.17. The summed E-state index contributed by atoms with van der Waals surface area (Å²) in [5.74, 6) is -0.295. The van der Waals surface area contributed by atoms with Gasteiger partial charge in [-0.3, -0.25) is 0 Å². The molecule has 0 saturated carbocycles. The second-order valence-electron chi connectivity index (χ2n) is 4.73. The van der Waals surface area contributed by atoms with Crippen molar-refractivity contribution in [2.75, 3.05) is 6.61 Å². The summed E-state index contributed by atoms with van der Waals surface area (Å²) in [6.45, 7) is 4.42. The van der Waals surface area contributed by atoms with Crippen LogP contribution in [-0.2, 0) is 4.74 Å². The molecule has 2 aromatic carbocycles. The first-order valence-corrected chi connectivity index (χ1v) is 6.63. The van der Waals surface area contributed by atoms with Crippen LogP contribution in [0.5, 0.6) is 0 Å². The number of aryl methyl sites for hydroxylation is 2. The lowest BCUT2D eigenvalue weighted by Crippen LogP contribution is -2.04. The zero-order chi connectivity index (χ0) is 14.4. The lowest BCUT2D eigenvalue weighted by Gasteiger charge is -2.03. The van der Waals surface area contributed by atoms with Gasteiger partial charge in [0, 0.05) is 0 Å². The van der Waals surface area contributed by atoms with E-state index in [1.54, 1.807) is 12.1 Å². The molecule has 0 spiro atoms. The molecule has 0 heterocycles. The van der Waals surface area contributed by atoms with Gasteiger partial charge in [-0.25, -0.2) is 4.79 Å². The fraction of sp³-hybridized carbons (Fsp3) is 0.167. The van der Waals surface area contributed by atoms with Crippen molar-refractivity contribution in [2.45, 2.75) is 13.8 Å². The summed E-state index contributed by atoms with van der Waals surface area (Å²) in [4.78, 5) is 11.7. The molecule has 0 aliphatic rings. The van der Waals surface area contributed by atoms with Crippen LogP contribution in [0.1, 0.15) is 27.0 Å². The van der Waals surface area contributed by atoms with Crippen LogP contribution in [0.25, 0.3) is 6.08 Å². The summed E-state index contributed by atoms with van der Waals surface area (Å²) in [7, 11) is 0. The molecule has 0 amide bonds. The maximum Gasteiger partial charge on any atom is 0.338 e. The SMILES string of the molecule is Cc1ccc(C=CCOC(=O)c2ccccc2)c(C)c1. The topological polar surface area (TPSA) is 26.3 Å². The Labute approximate surface area is 119 Å². The molecule has 102 valence electrons. The summed E-state index contributed by atoms with van der Waals surface area (Å²) in [6, 6.07) is 15.3. The van der Waals surface area contributed by atoms with E-state index in [-0.39, 0.29) is 12.6 Å². The van der Waals surface area contributed by atoms with Gasteiger partial charge in [0.25, 0.3) is 0 Å². The molecule has 0 atom stereocenters. The highest BCUT2D eigenvalue weighted by atomic mass is 16.5. The van der Waals surface area contributed by atoms with Crippen LogP contribution < -0.4 is 0 Å². The first-order chi connectivity index (χ1) is 9.66. The molecule has 2 nitrogen and oxygen atoms in total. The van der Waals surface area contributed by atoms with Gasteiger partial charge in [-0.05, 0) is 43.2 Å². The summed E-state index contributed by atoms with van der Waals surface area (Å²) in [5, 5.41) is 0. The van der Waals surface area contributed by atoms with Crippen molar-refractivity contribution in [1.82, 2.24) is 0 Å². The van der Waals surface area contributed by atoms with E-state index >= 15 is 0 Å². The Morgan fingerprint density at radius 2 is 1.85 bits per heavy atom. The van der Waals surface area contributed by atoms with Crippen molar-refractivity contribution in [3.63, 3.8) is 0 Å². The number of rotatable bonds is 4. The number of ether oxygens (including phenoxy) is 1. The first-order valence-electron chi connectivity index (χ1n) is 6.63. The van der Waals surface area contributed by atoms with E-state index < -0.39 is 0 Å². The fourth-order valence-electron chi connectivity index (χ4n) is 1.97. The van der Waals surface area contributed by atoms with E-state index in [4.69, 9.17) is 4.74 Å². The highest BCUT2D eigenvalue weighted by Gasteiger charge is 2.03. The Balaban J connectivity index is 1.89. The minimum atomic E-state index is -0.295. The van der Waals surface area contributed by atoms with Crippen molar-refractivity contribution in [1.29, 1.82) is 0 Å². The molecule has 20 heavy (non-hydrogen) atoms. The monoisotopic (exact) mass is 266 g/mol. The molecule has 0 bridgehead atoms. The normalized spacial score (nSPS) is 10.7. The Hall–Kier alpha value is -2.35. The molecule has 0 aromatic heterocycles. The van der Waals surface area contributed by atoms with Gasteiger partial charge < -0.3 is 4.74 Å². The third kappa shape index (κ3) is 3.82. The van der Waals surface area contributed by atoms with Crippen LogP contribution in [0.2, 0.25) is 0 Å². The van der Waals surface area contributed by atoms with E-state index in [0.29, 0.717) is 5.56 Å². The van der Waals surface area contributed by atoms with Gasteiger partial charge in [0.2, 0.25) is 0 Å². The molecule has 0 fully saturated rings. The van der Waals surface area contributed by atoms with Gasteiger partial charge in [0.15, 0.2) is 0 Å². The largest absolute Gasteiger partial charge is 0.458 e. The van der Waals surface area contributed by atoms with Crippen molar-refractivity contribution in [3.05, 3.63) is 76.9 Å². The van der Waals surface area contributed by atoms with Crippen LogP contribution in [0.4, 0.5) is 0 Å². The van der Waals surface area contributed by atoms with E-state index in [0.717, 1.165) is 5.56 Å². The number of benzene rings is 2. The minimum absolute atomic E-state index is 0.279. The van der Waals surface area contributed by atoms with Gasteiger partial charge in [-0.2, -0.15) is 0 Å². The molecule has 0 aliphatic heterocycles.